The van der Waals surface area contributed by atoms with E-state index in [9.17, 15) is 4.79 Å². The predicted molar refractivity (Wildman–Crippen MR) is 50.5 cm³/mol. The van der Waals surface area contributed by atoms with Crippen molar-refractivity contribution >= 4 is 0 Å². The van der Waals surface area contributed by atoms with Crippen molar-refractivity contribution in [2.45, 2.75) is 6.61 Å². The summed E-state index contributed by atoms with van der Waals surface area (Å²) in [6, 6.07) is 0. The Morgan fingerprint density at radius 1 is 1.56 bits per heavy atom. The zero-order valence-corrected chi connectivity index (χ0v) is 8.28. The Morgan fingerprint density at radius 3 is 2.81 bits per heavy atom. The summed E-state index contributed by atoms with van der Waals surface area (Å²) in [5, 5.41) is 19.7. The average molecular weight is 221 g/mol. The first-order valence-corrected chi connectivity index (χ1v) is 4.24. The summed E-state index contributed by atoms with van der Waals surface area (Å²) in [6.07, 6.45) is 5.15. The third kappa shape index (κ3) is 1.31. The maximum atomic E-state index is 11.5. The normalized spacial score (nSPS) is 10.3. The zero-order valence-electron chi connectivity index (χ0n) is 8.28. The number of hydrogen-bond acceptors (Lipinski definition) is 6. The number of aromatic nitrogens is 5. The van der Waals surface area contributed by atoms with Crippen molar-refractivity contribution in [1.82, 2.24) is 24.9 Å². The number of nitrogens with zero attached hydrogens (tertiary/aromatic N) is 5. The highest BCUT2D eigenvalue weighted by atomic mass is 16.5. The van der Waals surface area contributed by atoms with Crippen LogP contribution in [-0.2, 0) is 13.7 Å². The fourth-order valence-electron chi connectivity index (χ4n) is 1.16. The number of hydrogen-bond donors (Lipinski definition) is 1. The van der Waals surface area contributed by atoms with E-state index < -0.39 is 12.3 Å². The number of tetrazole rings is 1. The first kappa shape index (κ1) is 10.1. The van der Waals surface area contributed by atoms with Gasteiger partial charge in [0.2, 0.25) is 0 Å². The van der Waals surface area contributed by atoms with Crippen LogP contribution in [0.15, 0.2) is 9.32 Å². The van der Waals surface area contributed by atoms with Crippen LogP contribution in [-0.4, -0.2) is 30.1 Å². The second-order valence-electron chi connectivity index (χ2n) is 2.91. The third-order valence-electron chi connectivity index (χ3n) is 1.98. The summed E-state index contributed by atoms with van der Waals surface area (Å²) in [7, 11) is 1.43. The van der Waals surface area contributed by atoms with E-state index >= 15 is 0 Å². The van der Waals surface area contributed by atoms with Crippen LogP contribution in [0.5, 0.6) is 0 Å². The van der Waals surface area contributed by atoms with Gasteiger partial charge in [0.1, 0.15) is 0 Å². The molecule has 8 heteroatoms. The predicted octanol–water partition coefficient (Wildman–Crippen LogP) is -1.57. The maximum absolute atomic E-state index is 11.5. The standard InChI is InChI=1S/C8H7N5O3/c1-3-6-5(4-14)7(16-9-6)13-8(15)12(2)10-11-13/h1,14H,4H2,2H3. The molecule has 0 atom stereocenters. The minimum Gasteiger partial charge on any atom is -0.391 e. The van der Waals surface area contributed by atoms with Crippen molar-refractivity contribution in [3.8, 4) is 18.2 Å². The summed E-state index contributed by atoms with van der Waals surface area (Å²) < 4.78 is 6.74. The molecule has 2 aromatic heterocycles. The van der Waals surface area contributed by atoms with Gasteiger partial charge in [-0.05, 0) is 16.3 Å². The van der Waals surface area contributed by atoms with Gasteiger partial charge in [0, 0.05) is 7.05 Å². The van der Waals surface area contributed by atoms with Gasteiger partial charge in [-0.2, -0.15) is 4.68 Å². The van der Waals surface area contributed by atoms with Gasteiger partial charge >= 0.3 is 5.69 Å². The van der Waals surface area contributed by atoms with Crippen molar-refractivity contribution in [3.05, 3.63) is 21.7 Å². The molecular weight excluding hydrogens is 214 g/mol. The van der Waals surface area contributed by atoms with Crippen LogP contribution in [0.3, 0.4) is 0 Å². The molecule has 0 aliphatic carbocycles. The fraction of sp³-hybridized carbons (Fsp3) is 0.250. The molecule has 1 N–H and O–H groups in total. The molecule has 2 heterocycles. The molecule has 0 aliphatic rings. The van der Waals surface area contributed by atoms with Gasteiger partial charge in [0.25, 0.3) is 5.88 Å². The van der Waals surface area contributed by atoms with Crippen LogP contribution in [0.4, 0.5) is 0 Å². The minimum atomic E-state index is -0.519. The van der Waals surface area contributed by atoms with Crippen molar-refractivity contribution < 1.29 is 9.63 Å². The SMILES string of the molecule is C#Cc1noc(-n2nnn(C)c2=O)c1CO. The number of aliphatic hydroxyl groups is 1. The van der Waals surface area contributed by atoms with E-state index in [1.54, 1.807) is 0 Å². The summed E-state index contributed by atoms with van der Waals surface area (Å²) in [6.45, 7) is -0.401. The molecule has 16 heavy (non-hydrogen) atoms. The molecule has 2 rings (SSSR count). The highest BCUT2D eigenvalue weighted by molar-refractivity contribution is 5.40. The monoisotopic (exact) mass is 221 g/mol. The molecule has 0 saturated heterocycles. The van der Waals surface area contributed by atoms with Gasteiger partial charge in [-0.15, -0.1) is 11.1 Å². The van der Waals surface area contributed by atoms with Gasteiger partial charge in [0.15, 0.2) is 5.69 Å². The molecule has 0 aliphatic heterocycles. The number of rotatable bonds is 2. The van der Waals surface area contributed by atoms with E-state index in [0.29, 0.717) is 0 Å². The van der Waals surface area contributed by atoms with Crippen molar-refractivity contribution in [1.29, 1.82) is 0 Å². The summed E-state index contributed by atoms with van der Waals surface area (Å²) in [5.41, 5.74) is -0.158. The van der Waals surface area contributed by atoms with Crippen LogP contribution in [0, 0.1) is 12.3 Å². The van der Waals surface area contributed by atoms with Crippen molar-refractivity contribution in [2.75, 3.05) is 0 Å². The highest BCUT2D eigenvalue weighted by Crippen LogP contribution is 2.15. The van der Waals surface area contributed by atoms with E-state index in [-0.39, 0.29) is 17.1 Å². The molecule has 8 nitrogen and oxygen atoms in total. The molecule has 0 spiro atoms. The van der Waals surface area contributed by atoms with Crippen molar-refractivity contribution in [3.63, 3.8) is 0 Å². The smallest absolute Gasteiger partial charge is 0.370 e. The first-order valence-electron chi connectivity index (χ1n) is 4.24. The topological polar surface area (TPSA) is 99.0 Å². The van der Waals surface area contributed by atoms with Gasteiger partial charge in [-0.1, -0.05) is 5.16 Å². The largest absolute Gasteiger partial charge is 0.391 e. The molecule has 0 bridgehead atoms. The molecule has 0 radical (unpaired) electrons. The lowest BCUT2D eigenvalue weighted by molar-refractivity contribution is 0.278. The lowest BCUT2D eigenvalue weighted by Gasteiger charge is -1.93. The van der Waals surface area contributed by atoms with Gasteiger partial charge in [-0.3, -0.25) is 0 Å². The van der Waals surface area contributed by atoms with Crippen LogP contribution in [0.1, 0.15) is 11.3 Å². The molecule has 0 saturated carbocycles. The fourth-order valence-corrected chi connectivity index (χ4v) is 1.16. The second-order valence-corrected chi connectivity index (χ2v) is 2.91. The van der Waals surface area contributed by atoms with E-state index in [1.807, 2.05) is 0 Å². The Hall–Kier alpha value is -2.40. The van der Waals surface area contributed by atoms with Crippen LogP contribution in [0.2, 0.25) is 0 Å². The van der Waals surface area contributed by atoms with E-state index in [0.717, 1.165) is 9.36 Å². The van der Waals surface area contributed by atoms with Crippen LogP contribution < -0.4 is 5.69 Å². The van der Waals surface area contributed by atoms with E-state index in [2.05, 4.69) is 21.5 Å². The van der Waals surface area contributed by atoms with Crippen LogP contribution in [0.25, 0.3) is 5.88 Å². The summed E-state index contributed by atoms with van der Waals surface area (Å²) >= 11 is 0. The molecule has 0 aromatic carbocycles. The number of aliphatic hydroxyl groups excluding tert-OH is 1. The Kier molecular flexibility index (Phi) is 2.30. The molecule has 2 aromatic rings. The van der Waals surface area contributed by atoms with Gasteiger partial charge in [-0.25, -0.2) is 4.79 Å². The third-order valence-corrected chi connectivity index (χ3v) is 1.98. The average Bonchev–Trinajstić information content (AvgIpc) is 2.83. The molecule has 0 fully saturated rings. The van der Waals surface area contributed by atoms with Gasteiger partial charge < -0.3 is 9.63 Å². The lowest BCUT2D eigenvalue weighted by Crippen LogP contribution is -2.22. The summed E-state index contributed by atoms with van der Waals surface area (Å²) in [5.74, 6) is 2.21. The maximum Gasteiger partial charge on any atom is 0.370 e. The Labute approximate surface area is 89.1 Å². The Morgan fingerprint density at radius 2 is 2.31 bits per heavy atom. The van der Waals surface area contributed by atoms with Crippen LogP contribution >= 0.6 is 0 Å². The number of terminal acetylenes is 1. The van der Waals surface area contributed by atoms with E-state index in [1.165, 1.54) is 7.05 Å². The van der Waals surface area contributed by atoms with Crippen molar-refractivity contribution in [2.24, 2.45) is 7.05 Å². The molecule has 82 valence electrons. The zero-order chi connectivity index (χ0) is 11.7. The quantitative estimate of drug-likeness (QED) is 0.615. The minimum absolute atomic E-state index is 0.0199. The first-order chi connectivity index (χ1) is 7.69. The molecular formula is C8H7N5O3. The van der Waals surface area contributed by atoms with E-state index in [4.69, 9.17) is 16.1 Å². The Balaban J connectivity index is 2.66. The lowest BCUT2D eigenvalue weighted by atomic mass is 10.2. The number of aryl methyl sites for hydroxylation is 1. The second kappa shape index (κ2) is 3.63. The van der Waals surface area contributed by atoms with Gasteiger partial charge in [0.05, 0.1) is 12.2 Å². The highest BCUT2D eigenvalue weighted by Gasteiger charge is 2.19. The summed E-state index contributed by atoms with van der Waals surface area (Å²) in [4.78, 5) is 11.5. The molecule has 0 unspecified atom stereocenters. The Bertz CT molecular complexity index is 614. The molecule has 0 amide bonds.